The van der Waals surface area contributed by atoms with Crippen molar-refractivity contribution >= 4 is 40.4 Å². The first-order chi connectivity index (χ1) is 18.7. The van der Waals surface area contributed by atoms with Gasteiger partial charge < -0.3 is 4.74 Å². The SMILES string of the molecule is CCOC(=O)[C@@H]1C(=O)C2=C(C[C@H]1c1cccs1)N(c1ccc(F)cc1F)C(=O)C[C@@H]2c1cccc([N+](=O)[O-])c1. The first-order valence-electron chi connectivity index (χ1n) is 12.2. The quantitative estimate of drug-likeness (QED) is 0.169. The fourth-order valence-electron chi connectivity index (χ4n) is 5.38. The molecule has 0 saturated carbocycles. The number of carbonyl (C=O) groups excluding carboxylic acids is 3. The molecule has 2 aliphatic rings. The first-order valence-corrected chi connectivity index (χ1v) is 13.1. The van der Waals surface area contributed by atoms with E-state index in [9.17, 15) is 28.9 Å². The lowest BCUT2D eigenvalue weighted by Gasteiger charge is -2.42. The Balaban J connectivity index is 1.74. The Morgan fingerprint density at radius 3 is 2.59 bits per heavy atom. The number of amides is 1. The third-order valence-corrected chi connectivity index (χ3v) is 8.01. The Kier molecular flexibility index (Phi) is 7.09. The zero-order valence-electron chi connectivity index (χ0n) is 20.6. The summed E-state index contributed by atoms with van der Waals surface area (Å²) in [5.41, 5.74) is 0.159. The fraction of sp³-hybridized carbons (Fsp3) is 0.250. The van der Waals surface area contributed by atoms with Gasteiger partial charge in [-0.25, -0.2) is 8.78 Å². The molecule has 8 nitrogen and oxygen atoms in total. The van der Waals surface area contributed by atoms with E-state index in [1.807, 2.05) is 0 Å². The number of nitro groups is 1. The zero-order valence-corrected chi connectivity index (χ0v) is 21.5. The summed E-state index contributed by atoms with van der Waals surface area (Å²) < 4.78 is 34.0. The van der Waals surface area contributed by atoms with Gasteiger partial charge >= 0.3 is 5.97 Å². The third kappa shape index (κ3) is 4.74. The van der Waals surface area contributed by atoms with Crippen LogP contribution in [0.1, 0.15) is 42.0 Å². The largest absolute Gasteiger partial charge is 0.465 e. The average Bonchev–Trinajstić information content (AvgIpc) is 3.44. The van der Waals surface area contributed by atoms with Gasteiger partial charge in [0.15, 0.2) is 5.78 Å². The van der Waals surface area contributed by atoms with Gasteiger partial charge in [-0.3, -0.25) is 29.4 Å². The normalized spacial score (nSPS) is 21.1. The van der Waals surface area contributed by atoms with Crippen LogP contribution in [0.4, 0.5) is 20.2 Å². The summed E-state index contributed by atoms with van der Waals surface area (Å²) in [5.74, 6) is -6.54. The number of nitrogens with zero attached hydrogens (tertiary/aromatic N) is 2. The number of carbonyl (C=O) groups is 3. The summed E-state index contributed by atoms with van der Waals surface area (Å²) in [5, 5.41) is 13.2. The van der Waals surface area contributed by atoms with Crippen LogP contribution < -0.4 is 4.90 Å². The van der Waals surface area contributed by atoms with Crippen LogP contribution in [0, 0.1) is 27.7 Å². The predicted octanol–water partition coefficient (Wildman–Crippen LogP) is 5.65. The van der Waals surface area contributed by atoms with Gasteiger partial charge in [-0.15, -0.1) is 11.3 Å². The molecule has 200 valence electrons. The Hall–Kier alpha value is -4.25. The van der Waals surface area contributed by atoms with Crippen molar-refractivity contribution in [2.24, 2.45) is 5.92 Å². The van der Waals surface area contributed by atoms with Crippen molar-refractivity contribution in [3.8, 4) is 0 Å². The van der Waals surface area contributed by atoms with Gasteiger partial charge in [0.1, 0.15) is 17.6 Å². The van der Waals surface area contributed by atoms with E-state index in [4.69, 9.17) is 4.74 Å². The van der Waals surface area contributed by atoms with E-state index in [-0.39, 0.29) is 42.1 Å². The van der Waals surface area contributed by atoms with E-state index in [1.165, 1.54) is 29.5 Å². The highest BCUT2D eigenvalue weighted by molar-refractivity contribution is 7.10. The number of Topliss-reactive ketones (excluding diaryl/α,β-unsaturated/α-hetero) is 1. The molecule has 0 fully saturated rings. The van der Waals surface area contributed by atoms with Gasteiger partial charge in [-0.2, -0.15) is 0 Å². The fourth-order valence-corrected chi connectivity index (χ4v) is 6.25. The van der Waals surface area contributed by atoms with Crippen molar-refractivity contribution in [2.75, 3.05) is 11.5 Å². The molecule has 5 rings (SSSR count). The minimum atomic E-state index is -1.23. The molecule has 3 aromatic rings. The van der Waals surface area contributed by atoms with Crippen LogP contribution >= 0.6 is 11.3 Å². The van der Waals surface area contributed by atoms with Crippen molar-refractivity contribution < 1.29 is 32.8 Å². The molecular weight excluding hydrogens is 530 g/mol. The maximum atomic E-state index is 15.0. The van der Waals surface area contributed by atoms with Crippen molar-refractivity contribution in [1.29, 1.82) is 0 Å². The highest BCUT2D eigenvalue weighted by Gasteiger charge is 2.50. The molecule has 11 heteroatoms. The molecule has 0 radical (unpaired) electrons. The van der Waals surface area contributed by atoms with Crippen molar-refractivity contribution in [3.05, 3.63) is 103 Å². The molecule has 0 N–H and O–H groups in total. The third-order valence-electron chi connectivity index (χ3n) is 7.00. The first kappa shape index (κ1) is 26.4. The Labute approximate surface area is 225 Å². The average molecular weight is 553 g/mol. The van der Waals surface area contributed by atoms with Crippen LogP contribution in [0.2, 0.25) is 0 Å². The maximum absolute atomic E-state index is 15.0. The lowest BCUT2D eigenvalue weighted by Crippen LogP contribution is -2.46. The number of benzene rings is 2. The number of non-ortho nitro benzene ring substituents is 1. The van der Waals surface area contributed by atoms with E-state index in [2.05, 4.69) is 0 Å². The molecule has 1 amide bonds. The molecule has 0 unspecified atom stereocenters. The molecule has 1 aliphatic carbocycles. The molecule has 2 heterocycles. The van der Waals surface area contributed by atoms with Gasteiger partial charge in [0, 0.05) is 52.6 Å². The summed E-state index contributed by atoms with van der Waals surface area (Å²) in [6, 6.07) is 11.9. The summed E-state index contributed by atoms with van der Waals surface area (Å²) in [7, 11) is 0. The predicted molar refractivity (Wildman–Crippen MR) is 138 cm³/mol. The van der Waals surface area contributed by atoms with Gasteiger partial charge in [0.25, 0.3) is 5.69 Å². The van der Waals surface area contributed by atoms with E-state index in [0.29, 0.717) is 16.5 Å². The smallest absolute Gasteiger partial charge is 0.317 e. The second-order valence-electron chi connectivity index (χ2n) is 9.21. The van der Waals surface area contributed by atoms with Gasteiger partial charge in [0.05, 0.1) is 17.2 Å². The van der Waals surface area contributed by atoms with Crippen LogP contribution in [0.3, 0.4) is 0 Å². The minimum Gasteiger partial charge on any atom is -0.465 e. The molecule has 1 aliphatic heterocycles. The number of anilines is 1. The number of halogens is 2. The monoisotopic (exact) mass is 552 g/mol. The standard InChI is InChI=1S/C28H22F2N2O6S/c1-2-38-28(35)26-19(23-7-4-10-39-23)13-22-25(27(26)34)18(15-5-3-6-17(11-15)32(36)37)14-24(33)31(22)21-9-8-16(29)12-20(21)30/h3-12,18-19,26H,2,13-14H2,1H3/t18-,19+,26+/m1/s1. The maximum Gasteiger partial charge on any atom is 0.317 e. The van der Waals surface area contributed by atoms with Gasteiger partial charge in [-0.05, 0) is 42.5 Å². The number of thiophene rings is 1. The lowest BCUT2D eigenvalue weighted by atomic mass is 9.69. The Morgan fingerprint density at radius 1 is 1.13 bits per heavy atom. The second-order valence-corrected chi connectivity index (χ2v) is 10.2. The summed E-state index contributed by atoms with van der Waals surface area (Å²) in [6.45, 7) is 1.67. The number of rotatable bonds is 6. The Bertz CT molecular complexity index is 1520. The van der Waals surface area contributed by atoms with Crippen molar-refractivity contribution in [1.82, 2.24) is 0 Å². The van der Waals surface area contributed by atoms with Crippen LogP contribution in [0.25, 0.3) is 0 Å². The van der Waals surface area contributed by atoms with E-state index in [1.54, 1.807) is 30.5 Å². The summed E-state index contributed by atoms with van der Waals surface area (Å²) >= 11 is 1.33. The lowest BCUT2D eigenvalue weighted by molar-refractivity contribution is -0.384. The molecule has 0 bridgehead atoms. The second kappa shape index (κ2) is 10.5. The highest BCUT2D eigenvalue weighted by Crippen LogP contribution is 2.50. The number of esters is 1. The minimum absolute atomic E-state index is 0.0129. The van der Waals surface area contributed by atoms with Crippen molar-refractivity contribution in [3.63, 3.8) is 0 Å². The number of ether oxygens (including phenoxy) is 1. The number of ketones is 1. The number of allylic oxidation sites excluding steroid dienone is 2. The van der Waals surface area contributed by atoms with E-state index in [0.717, 1.165) is 17.0 Å². The summed E-state index contributed by atoms with van der Waals surface area (Å²) in [4.78, 5) is 53.6. The molecule has 3 atom stereocenters. The highest BCUT2D eigenvalue weighted by atomic mass is 32.1. The zero-order chi connectivity index (χ0) is 27.8. The topological polar surface area (TPSA) is 107 Å². The molecule has 39 heavy (non-hydrogen) atoms. The van der Waals surface area contributed by atoms with Gasteiger partial charge in [0.2, 0.25) is 5.91 Å². The number of hydrogen-bond acceptors (Lipinski definition) is 7. The van der Waals surface area contributed by atoms with Gasteiger partial charge in [-0.1, -0.05) is 18.2 Å². The van der Waals surface area contributed by atoms with E-state index >= 15 is 4.39 Å². The van der Waals surface area contributed by atoms with Crippen LogP contribution in [0.15, 0.2) is 71.2 Å². The molecule has 0 spiro atoms. The molecule has 2 aromatic carbocycles. The summed E-state index contributed by atoms with van der Waals surface area (Å²) in [6.07, 6.45) is -0.305. The number of hydrogen-bond donors (Lipinski definition) is 0. The van der Waals surface area contributed by atoms with Crippen LogP contribution in [-0.4, -0.2) is 29.2 Å². The molecule has 0 saturated heterocycles. The van der Waals surface area contributed by atoms with E-state index < -0.39 is 52.0 Å². The van der Waals surface area contributed by atoms with Crippen LogP contribution in [-0.2, 0) is 19.1 Å². The molecule has 1 aromatic heterocycles. The Morgan fingerprint density at radius 2 is 1.92 bits per heavy atom. The number of nitro benzene ring substituents is 1. The van der Waals surface area contributed by atoms with Crippen molar-refractivity contribution in [2.45, 2.75) is 31.6 Å². The van der Waals surface area contributed by atoms with Crippen LogP contribution in [0.5, 0.6) is 0 Å². The molecular formula is C28H22F2N2O6S.